The average Bonchev–Trinajstić information content (AvgIpc) is 2.99. The Kier molecular flexibility index (Phi) is 3.45. The van der Waals surface area contributed by atoms with E-state index in [1.165, 1.54) is 36.9 Å². The van der Waals surface area contributed by atoms with Crippen molar-refractivity contribution >= 4 is 11.6 Å². The summed E-state index contributed by atoms with van der Waals surface area (Å²) in [6, 6.07) is 8.78. The van der Waals surface area contributed by atoms with Crippen molar-refractivity contribution in [3.05, 3.63) is 29.8 Å². The summed E-state index contributed by atoms with van der Waals surface area (Å²) in [5.41, 5.74) is 2.46. The second-order valence-corrected chi connectivity index (χ2v) is 5.83. The Bertz CT molecular complexity index is 466. The number of carbonyl (C=O) groups excluding carboxylic acids is 1. The van der Waals surface area contributed by atoms with Crippen LogP contribution in [0.15, 0.2) is 24.3 Å². The Morgan fingerprint density at radius 1 is 1.26 bits per heavy atom. The molecule has 1 aromatic rings. The number of benzene rings is 1. The van der Waals surface area contributed by atoms with Gasteiger partial charge in [0.15, 0.2) is 0 Å². The highest BCUT2D eigenvalue weighted by atomic mass is 16.2. The van der Waals surface area contributed by atoms with Gasteiger partial charge in [-0.1, -0.05) is 31.0 Å². The molecule has 1 N–H and O–H groups in total. The first-order chi connectivity index (χ1) is 9.25. The van der Waals surface area contributed by atoms with E-state index in [4.69, 9.17) is 0 Å². The molecule has 1 amide bonds. The Labute approximate surface area is 115 Å². The molecule has 0 bridgehead atoms. The molecule has 1 atom stereocenters. The van der Waals surface area contributed by atoms with Gasteiger partial charge in [0.2, 0.25) is 5.91 Å². The van der Waals surface area contributed by atoms with Crippen LogP contribution in [0.1, 0.15) is 31.2 Å². The van der Waals surface area contributed by atoms with Gasteiger partial charge in [0, 0.05) is 25.3 Å². The number of hydrogen-bond donors (Lipinski definition) is 1. The topological polar surface area (TPSA) is 32.3 Å². The number of para-hydroxylation sites is 1. The third kappa shape index (κ3) is 2.46. The zero-order valence-corrected chi connectivity index (χ0v) is 11.6. The predicted octanol–water partition coefficient (Wildman–Crippen LogP) is 2.67. The summed E-state index contributed by atoms with van der Waals surface area (Å²) in [5.74, 6) is 0.411. The highest BCUT2D eigenvalue weighted by Crippen LogP contribution is 2.28. The highest BCUT2D eigenvalue weighted by Gasteiger charge is 2.30. The van der Waals surface area contributed by atoms with Crippen LogP contribution in [0.2, 0.25) is 0 Å². The summed E-state index contributed by atoms with van der Waals surface area (Å²) < 4.78 is 0. The third-order valence-corrected chi connectivity index (χ3v) is 4.59. The smallest absolute Gasteiger partial charge is 0.227 e. The molecular formula is C16H22N2O. The summed E-state index contributed by atoms with van der Waals surface area (Å²) >= 11 is 0. The van der Waals surface area contributed by atoms with Gasteiger partial charge in [0.25, 0.3) is 0 Å². The number of carbonyl (C=O) groups is 1. The molecule has 3 heteroatoms. The molecule has 0 aromatic heterocycles. The van der Waals surface area contributed by atoms with Crippen molar-refractivity contribution in [1.82, 2.24) is 4.90 Å². The van der Waals surface area contributed by atoms with Crippen LogP contribution in [0.25, 0.3) is 0 Å². The van der Waals surface area contributed by atoms with Crippen molar-refractivity contribution in [2.45, 2.75) is 38.1 Å². The summed E-state index contributed by atoms with van der Waals surface area (Å²) in [6.45, 7) is 0.771. The Hall–Kier alpha value is -1.51. The highest BCUT2D eigenvalue weighted by molar-refractivity contribution is 5.81. The van der Waals surface area contributed by atoms with E-state index in [1.54, 1.807) is 0 Å². The Balaban J connectivity index is 1.68. The van der Waals surface area contributed by atoms with E-state index in [0.717, 1.165) is 13.0 Å². The third-order valence-electron chi connectivity index (χ3n) is 4.59. The molecule has 102 valence electrons. The lowest BCUT2D eigenvalue weighted by Crippen LogP contribution is -2.43. The fraction of sp³-hybridized carbons (Fsp3) is 0.562. The van der Waals surface area contributed by atoms with Crippen LogP contribution >= 0.6 is 0 Å². The number of fused-ring (bicyclic) bond motifs is 1. The zero-order valence-electron chi connectivity index (χ0n) is 11.6. The van der Waals surface area contributed by atoms with Crippen molar-refractivity contribution in [2.75, 3.05) is 18.9 Å². The molecule has 3 rings (SSSR count). The van der Waals surface area contributed by atoms with E-state index in [-0.39, 0.29) is 5.92 Å². The molecule has 0 saturated heterocycles. The minimum Gasteiger partial charge on any atom is -0.384 e. The van der Waals surface area contributed by atoms with Gasteiger partial charge < -0.3 is 10.2 Å². The van der Waals surface area contributed by atoms with Gasteiger partial charge in [-0.15, -0.1) is 0 Å². The minimum absolute atomic E-state index is 0.0977. The molecule has 2 aliphatic rings. The van der Waals surface area contributed by atoms with E-state index < -0.39 is 0 Å². The first kappa shape index (κ1) is 12.5. The van der Waals surface area contributed by atoms with Crippen LogP contribution < -0.4 is 5.32 Å². The van der Waals surface area contributed by atoms with E-state index in [9.17, 15) is 4.79 Å². The normalized spacial score (nSPS) is 22.7. The molecule has 1 aliphatic carbocycles. The maximum absolute atomic E-state index is 12.6. The number of rotatable bonds is 2. The van der Waals surface area contributed by atoms with E-state index >= 15 is 0 Å². The van der Waals surface area contributed by atoms with Crippen molar-refractivity contribution in [1.29, 1.82) is 0 Å². The minimum atomic E-state index is 0.0977. The molecule has 0 radical (unpaired) electrons. The van der Waals surface area contributed by atoms with Gasteiger partial charge in [-0.05, 0) is 30.9 Å². The standard InChI is InChI=1S/C16H22N2O/c1-18(14-7-3-4-8-14)16(19)13-10-12-6-2-5-9-15(12)17-11-13/h2,5-6,9,13-14,17H,3-4,7-8,10-11H2,1H3. The molecule has 1 aliphatic heterocycles. The molecule has 1 unspecified atom stereocenters. The van der Waals surface area contributed by atoms with Gasteiger partial charge in [-0.2, -0.15) is 0 Å². The number of amides is 1. The fourth-order valence-corrected chi connectivity index (χ4v) is 3.38. The van der Waals surface area contributed by atoms with Crippen molar-refractivity contribution < 1.29 is 4.79 Å². The van der Waals surface area contributed by atoms with Crippen molar-refractivity contribution in [3.63, 3.8) is 0 Å². The maximum atomic E-state index is 12.6. The van der Waals surface area contributed by atoms with Gasteiger partial charge in [-0.3, -0.25) is 4.79 Å². The second-order valence-electron chi connectivity index (χ2n) is 5.83. The monoisotopic (exact) mass is 258 g/mol. The number of anilines is 1. The maximum Gasteiger partial charge on any atom is 0.227 e. The summed E-state index contributed by atoms with van der Waals surface area (Å²) in [4.78, 5) is 14.6. The number of nitrogens with zero attached hydrogens (tertiary/aromatic N) is 1. The Morgan fingerprint density at radius 2 is 2.00 bits per heavy atom. The summed E-state index contributed by atoms with van der Waals surface area (Å²) in [6.07, 6.45) is 5.78. The largest absolute Gasteiger partial charge is 0.384 e. The zero-order chi connectivity index (χ0) is 13.2. The fourth-order valence-electron chi connectivity index (χ4n) is 3.38. The molecule has 1 saturated carbocycles. The van der Waals surface area contributed by atoms with Gasteiger partial charge in [-0.25, -0.2) is 0 Å². The van der Waals surface area contributed by atoms with Crippen LogP contribution in [0, 0.1) is 5.92 Å². The first-order valence-electron chi connectivity index (χ1n) is 7.34. The van der Waals surface area contributed by atoms with E-state index in [1.807, 2.05) is 24.1 Å². The molecule has 19 heavy (non-hydrogen) atoms. The molecule has 1 fully saturated rings. The average molecular weight is 258 g/mol. The SMILES string of the molecule is CN(C(=O)C1CNc2ccccc2C1)C1CCCC1. The van der Waals surface area contributed by atoms with Crippen LogP contribution in [-0.2, 0) is 11.2 Å². The van der Waals surface area contributed by atoms with Gasteiger partial charge >= 0.3 is 0 Å². The van der Waals surface area contributed by atoms with Crippen LogP contribution in [0.5, 0.6) is 0 Å². The van der Waals surface area contributed by atoms with E-state index in [0.29, 0.717) is 11.9 Å². The second kappa shape index (κ2) is 5.24. The quantitative estimate of drug-likeness (QED) is 0.884. The summed E-state index contributed by atoms with van der Waals surface area (Å²) in [7, 11) is 1.98. The van der Waals surface area contributed by atoms with Crippen molar-refractivity contribution in [2.24, 2.45) is 5.92 Å². The van der Waals surface area contributed by atoms with Crippen LogP contribution in [0.3, 0.4) is 0 Å². The molecule has 0 spiro atoms. The van der Waals surface area contributed by atoms with Crippen LogP contribution in [0.4, 0.5) is 5.69 Å². The molecule has 1 heterocycles. The molecular weight excluding hydrogens is 236 g/mol. The lowest BCUT2D eigenvalue weighted by molar-refractivity contribution is -0.135. The first-order valence-corrected chi connectivity index (χ1v) is 7.34. The molecule has 1 aromatic carbocycles. The van der Waals surface area contributed by atoms with Gasteiger partial charge in [0.05, 0.1) is 5.92 Å². The van der Waals surface area contributed by atoms with Crippen LogP contribution in [-0.4, -0.2) is 30.4 Å². The number of nitrogens with one attached hydrogen (secondary N) is 1. The van der Waals surface area contributed by atoms with Crippen molar-refractivity contribution in [3.8, 4) is 0 Å². The van der Waals surface area contributed by atoms with E-state index in [2.05, 4.69) is 17.4 Å². The summed E-state index contributed by atoms with van der Waals surface area (Å²) in [5, 5.41) is 3.39. The lowest BCUT2D eigenvalue weighted by atomic mass is 9.92. The van der Waals surface area contributed by atoms with Gasteiger partial charge in [0.1, 0.15) is 0 Å². The molecule has 3 nitrogen and oxygen atoms in total. The number of hydrogen-bond acceptors (Lipinski definition) is 2. The predicted molar refractivity (Wildman–Crippen MR) is 77.2 cm³/mol. The lowest BCUT2D eigenvalue weighted by Gasteiger charge is -2.32. The Morgan fingerprint density at radius 3 is 2.79 bits per heavy atom.